The Kier molecular flexibility index (Phi) is 2.57. The fourth-order valence-corrected chi connectivity index (χ4v) is 1.87. The number of hydrogen-bond acceptors (Lipinski definition) is 2. The van der Waals surface area contributed by atoms with E-state index in [1.54, 1.807) is 7.11 Å². The Morgan fingerprint density at radius 3 is 2.80 bits per heavy atom. The maximum atomic E-state index is 6.04. The van der Waals surface area contributed by atoms with E-state index in [4.69, 9.17) is 16.3 Å². The zero-order chi connectivity index (χ0) is 11.0. The predicted molar refractivity (Wildman–Crippen MR) is 61.5 cm³/mol. The fraction of sp³-hybridized carbons (Fsp3) is 0.364. The minimum absolute atomic E-state index is 0.0894. The van der Waals surface area contributed by atoms with Gasteiger partial charge < -0.3 is 9.30 Å². The molecule has 0 aliphatic heterocycles. The molecule has 1 unspecified atom stereocenters. The van der Waals surface area contributed by atoms with Gasteiger partial charge in [-0.15, -0.1) is 11.6 Å². The van der Waals surface area contributed by atoms with Crippen molar-refractivity contribution in [3.8, 4) is 5.75 Å². The zero-order valence-electron chi connectivity index (χ0n) is 8.99. The highest BCUT2D eigenvalue weighted by atomic mass is 35.5. The van der Waals surface area contributed by atoms with Crippen LogP contribution in [0.3, 0.4) is 0 Å². The van der Waals surface area contributed by atoms with Crippen LogP contribution in [0.2, 0.25) is 0 Å². The molecule has 2 aromatic rings. The Morgan fingerprint density at radius 2 is 2.20 bits per heavy atom. The van der Waals surface area contributed by atoms with Crippen molar-refractivity contribution in [2.45, 2.75) is 12.3 Å². The van der Waals surface area contributed by atoms with Crippen LogP contribution in [0.4, 0.5) is 0 Å². The number of halogens is 1. The largest absolute Gasteiger partial charge is 0.497 e. The van der Waals surface area contributed by atoms with Crippen molar-refractivity contribution in [2.75, 3.05) is 7.11 Å². The summed E-state index contributed by atoms with van der Waals surface area (Å²) in [7, 11) is 3.62. The molecule has 0 aliphatic rings. The van der Waals surface area contributed by atoms with E-state index in [1.807, 2.05) is 36.7 Å². The number of aryl methyl sites for hydroxylation is 1. The lowest BCUT2D eigenvalue weighted by atomic mass is 10.3. The number of nitrogens with zero attached hydrogens (tertiary/aromatic N) is 2. The molecule has 80 valence electrons. The summed E-state index contributed by atoms with van der Waals surface area (Å²) < 4.78 is 7.17. The summed E-state index contributed by atoms with van der Waals surface area (Å²) in [4.78, 5) is 4.46. The third kappa shape index (κ3) is 1.67. The monoisotopic (exact) mass is 224 g/mol. The first-order valence-electron chi connectivity index (χ1n) is 4.78. The third-order valence-electron chi connectivity index (χ3n) is 2.48. The Bertz CT molecular complexity index is 491. The van der Waals surface area contributed by atoms with Gasteiger partial charge in [0.05, 0.1) is 23.5 Å². The minimum Gasteiger partial charge on any atom is -0.497 e. The number of ether oxygens (including phenoxy) is 1. The first kappa shape index (κ1) is 10.3. The average Bonchev–Trinajstić information content (AvgIpc) is 2.56. The molecule has 1 atom stereocenters. The molecule has 4 heteroatoms. The van der Waals surface area contributed by atoms with Crippen molar-refractivity contribution in [2.24, 2.45) is 7.05 Å². The highest BCUT2D eigenvalue weighted by Gasteiger charge is 2.12. The fourth-order valence-electron chi connectivity index (χ4n) is 1.67. The van der Waals surface area contributed by atoms with Crippen LogP contribution in [-0.2, 0) is 7.05 Å². The molecule has 0 saturated carbocycles. The van der Waals surface area contributed by atoms with Crippen LogP contribution >= 0.6 is 11.6 Å². The minimum atomic E-state index is -0.0894. The second kappa shape index (κ2) is 3.74. The molecule has 0 aliphatic carbocycles. The normalized spacial score (nSPS) is 13.1. The third-order valence-corrected chi connectivity index (χ3v) is 2.67. The molecular weight excluding hydrogens is 212 g/mol. The predicted octanol–water partition coefficient (Wildman–Crippen LogP) is 2.88. The number of methoxy groups -OCH3 is 1. The molecule has 0 spiro atoms. The summed E-state index contributed by atoms with van der Waals surface area (Å²) in [5.74, 6) is 1.71. The van der Waals surface area contributed by atoms with Crippen molar-refractivity contribution < 1.29 is 4.74 Å². The lowest BCUT2D eigenvalue weighted by Gasteiger charge is -2.03. The van der Waals surface area contributed by atoms with Gasteiger partial charge in [-0.25, -0.2) is 4.98 Å². The molecular formula is C11H13ClN2O. The van der Waals surface area contributed by atoms with Crippen LogP contribution in [0.15, 0.2) is 18.2 Å². The molecule has 0 bridgehead atoms. The second-order valence-electron chi connectivity index (χ2n) is 3.50. The van der Waals surface area contributed by atoms with Crippen LogP contribution in [-0.4, -0.2) is 16.7 Å². The van der Waals surface area contributed by atoms with Crippen LogP contribution in [0.1, 0.15) is 18.1 Å². The van der Waals surface area contributed by atoms with E-state index in [0.29, 0.717) is 0 Å². The number of imidazole rings is 1. The quantitative estimate of drug-likeness (QED) is 0.734. The van der Waals surface area contributed by atoms with Crippen LogP contribution in [0, 0.1) is 0 Å². The summed E-state index contributed by atoms with van der Waals surface area (Å²) in [6.45, 7) is 1.92. The number of aromatic nitrogens is 2. The standard InChI is InChI=1S/C11H13ClN2O/c1-7(12)11-13-9-5-4-8(15-3)6-10(9)14(11)2/h4-7H,1-3H3. The van der Waals surface area contributed by atoms with Gasteiger partial charge in [0.15, 0.2) is 0 Å². The number of rotatable bonds is 2. The van der Waals surface area contributed by atoms with Gasteiger partial charge in [-0.05, 0) is 19.1 Å². The molecule has 1 aromatic heterocycles. The van der Waals surface area contributed by atoms with Gasteiger partial charge >= 0.3 is 0 Å². The van der Waals surface area contributed by atoms with Gasteiger partial charge in [-0.3, -0.25) is 0 Å². The van der Waals surface area contributed by atoms with E-state index in [9.17, 15) is 0 Å². The maximum absolute atomic E-state index is 6.04. The molecule has 3 nitrogen and oxygen atoms in total. The summed E-state index contributed by atoms with van der Waals surface area (Å²) in [6.07, 6.45) is 0. The number of fused-ring (bicyclic) bond motifs is 1. The van der Waals surface area contributed by atoms with E-state index >= 15 is 0 Å². The Labute approximate surface area is 93.6 Å². The van der Waals surface area contributed by atoms with E-state index < -0.39 is 0 Å². The molecule has 1 aromatic carbocycles. The number of alkyl halides is 1. The SMILES string of the molecule is COc1ccc2nc(C(C)Cl)n(C)c2c1. The zero-order valence-corrected chi connectivity index (χ0v) is 9.75. The summed E-state index contributed by atoms with van der Waals surface area (Å²) in [6, 6.07) is 5.81. The van der Waals surface area contributed by atoms with Gasteiger partial charge in [0, 0.05) is 13.1 Å². The van der Waals surface area contributed by atoms with Gasteiger partial charge in [-0.1, -0.05) is 0 Å². The van der Waals surface area contributed by atoms with E-state index in [0.717, 1.165) is 22.6 Å². The lowest BCUT2D eigenvalue weighted by molar-refractivity contribution is 0.415. The van der Waals surface area contributed by atoms with Gasteiger partial charge in [0.1, 0.15) is 11.6 Å². The van der Waals surface area contributed by atoms with Crippen molar-refractivity contribution in [1.82, 2.24) is 9.55 Å². The smallest absolute Gasteiger partial charge is 0.127 e. The second-order valence-corrected chi connectivity index (χ2v) is 4.15. The Balaban J connectivity index is 2.66. The molecule has 0 radical (unpaired) electrons. The maximum Gasteiger partial charge on any atom is 0.127 e. The van der Waals surface area contributed by atoms with Crippen molar-refractivity contribution >= 4 is 22.6 Å². The molecule has 1 heterocycles. The first-order chi connectivity index (χ1) is 7.13. The lowest BCUT2D eigenvalue weighted by Crippen LogP contribution is -1.97. The van der Waals surface area contributed by atoms with Crippen molar-refractivity contribution in [1.29, 1.82) is 0 Å². The summed E-state index contributed by atoms with van der Waals surface area (Å²) in [5.41, 5.74) is 1.98. The van der Waals surface area contributed by atoms with Crippen molar-refractivity contribution in [3.63, 3.8) is 0 Å². The topological polar surface area (TPSA) is 27.1 Å². The van der Waals surface area contributed by atoms with Crippen LogP contribution in [0.25, 0.3) is 11.0 Å². The van der Waals surface area contributed by atoms with E-state index in [-0.39, 0.29) is 5.38 Å². The molecule has 0 fully saturated rings. The Morgan fingerprint density at radius 1 is 1.47 bits per heavy atom. The summed E-state index contributed by atoms with van der Waals surface area (Å²) in [5, 5.41) is -0.0894. The Hall–Kier alpha value is -1.22. The summed E-state index contributed by atoms with van der Waals surface area (Å²) >= 11 is 6.04. The molecule has 0 saturated heterocycles. The average molecular weight is 225 g/mol. The highest BCUT2D eigenvalue weighted by Crippen LogP contribution is 2.25. The van der Waals surface area contributed by atoms with Gasteiger partial charge in [0.2, 0.25) is 0 Å². The molecule has 0 amide bonds. The van der Waals surface area contributed by atoms with E-state index in [1.165, 1.54) is 0 Å². The first-order valence-corrected chi connectivity index (χ1v) is 5.21. The molecule has 15 heavy (non-hydrogen) atoms. The van der Waals surface area contributed by atoms with Crippen LogP contribution in [0.5, 0.6) is 5.75 Å². The number of benzene rings is 1. The van der Waals surface area contributed by atoms with Crippen LogP contribution < -0.4 is 4.74 Å². The molecule has 0 N–H and O–H groups in total. The van der Waals surface area contributed by atoms with Gasteiger partial charge in [-0.2, -0.15) is 0 Å². The van der Waals surface area contributed by atoms with Crippen molar-refractivity contribution in [3.05, 3.63) is 24.0 Å². The van der Waals surface area contributed by atoms with Gasteiger partial charge in [0.25, 0.3) is 0 Å². The van der Waals surface area contributed by atoms with E-state index in [2.05, 4.69) is 4.98 Å². The number of hydrogen-bond donors (Lipinski definition) is 0. The highest BCUT2D eigenvalue weighted by molar-refractivity contribution is 6.20. The molecule has 2 rings (SSSR count).